The number of benzene rings is 1. The zero-order valence-corrected chi connectivity index (χ0v) is 17.6. The SMILES string of the molecule is Fc1cc(CCC2CCC(C3CCC(C=CCl)CC3)CC2)cc(F)c1OC(F)(F)F. The third-order valence-corrected chi connectivity index (χ3v) is 6.98. The predicted molar refractivity (Wildman–Crippen MR) is 107 cm³/mol. The lowest BCUT2D eigenvalue weighted by molar-refractivity contribution is -0.276. The maximum atomic E-state index is 13.9. The topological polar surface area (TPSA) is 9.23 Å². The average Bonchev–Trinajstić information content (AvgIpc) is 2.70. The Bertz CT molecular complexity index is 694. The van der Waals surface area contributed by atoms with Gasteiger partial charge in [0.15, 0.2) is 11.6 Å². The van der Waals surface area contributed by atoms with Crippen molar-refractivity contribution in [3.05, 3.63) is 40.9 Å². The second-order valence-electron chi connectivity index (χ2n) is 8.75. The average molecular weight is 451 g/mol. The van der Waals surface area contributed by atoms with Gasteiger partial charge in [-0.2, -0.15) is 0 Å². The van der Waals surface area contributed by atoms with E-state index in [0.29, 0.717) is 23.8 Å². The monoisotopic (exact) mass is 450 g/mol. The minimum absolute atomic E-state index is 0.368. The lowest BCUT2D eigenvalue weighted by atomic mass is 9.68. The molecule has 3 rings (SSSR count). The molecule has 2 aliphatic rings. The van der Waals surface area contributed by atoms with Crippen LogP contribution in [0.5, 0.6) is 5.75 Å². The summed E-state index contributed by atoms with van der Waals surface area (Å²) in [6, 6.07) is 1.90. The molecule has 0 bridgehead atoms. The van der Waals surface area contributed by atoms with Gasteiger partial charge in [-0.25, -0.2) is 8.78 Å². The Labute approximate surface area is 179 Å². The smallest absolute Gasteiger partial charge is 0.399 e. The Balaban J connectivity index is 1.45. The maximum absolute atomic E-state index is 13.9. The molecule has 2 aliphatic carbocycles. The van der Waals surface area contributed by atoms with Gasteiger partial charge in [-0.1, -0.05) is 30.5 Å². The van der Waals surface area contributed by atoms with E-state index in [1.807, 2.05) is 0 Å². The molecule has 168 valence electrons. The fourth-order valence-electron chi connectivity index (χ4n) is 5.20. The second-order valence-corrected chi connectivity index (χ2v) is 9.00. The van der Waals surface area contributed by atoms with Crippen molar-refractivity contribution in [1.29, 1.82) is 0 Å². The molecule has 2 fully saturated rings. The molecule has 0 N–H and O–H groups in total. The Morgan fingerprint density at radius 3 is 1.93 bits per heavy atom. The molecule has 1 aromatic carbocycles. The molecule has 0 aliphatic heterocycles. The molecule has 0 saturated heterocycles. The summed E-state index contributed by atoms with van der Waals surface area (Å²) >= 11 is 5.69. The van der Waals surface area contributed by atoms with E-state index in [-0.39, 0.29) is 0 Å². The second kappa shape index (κ2) is 10.3. The van der Waals surface area contributed by atoms with Gasteiger partial charge in [0.25, 0.3) is 0 Å². The lowest BCUT2D eigenvalue weighted by Gasteiger charge is -2.37. The van der Waals surface area contributed by atoms with Gasteiger partial charge in [-0.3, -0.25) is 0 Å². The number of allylic oxidation sites excluding steroid dienone is 1. The highest BCUT2D eigenvalue weighted by Crippen LogP contribution is 2.42. The maximum Gasteiger partial charge on any atom is 0.573 e. The van der Waals surface area contributed by atoms with Crippen LogP contribution in [0.4, 0.5) is 22.0 Å². The summed E-state index contributed by atoms with van der Waals surface area (Å²) in [6.45, 7) is 0. The van der Waals surface area contributed by atoms with E-state index in [9.17, 15) is 22.0 Å². The van der Waals surface area contributed by atoms with Gasteiger partial charge in [0.2, 0.25) is 5.75 Å². The van der Waals surface area contributed by atoms with E-state index in [1.54, 1.807) is 5.54 Å². The van der Waals surface area contributed by atoms with E-state index in [0.717, 1.165) is 43.2 Å². The highest BCUT2D eigenvalue weighted by Gasteiger charge is 2.34. The highest BCUT2D eigenvalue weighted by atomic mass is 35.5. The summed E-state index contributed by atoms with van der Waals surface area (Å²) in [5.41, 5.74) is 2.00. The number of hydrogen-bond acceptors (Lipinski definition) is 1. The van der Waals surface area contributed by atoms with Gasteiger partial charge in [0, 0.05) is 5.54 Å². The number of hydrogen-bond donors (Lipinski definition) is 0. The van der Waals surface area contributed by atoms with Crippen molar-refractivity contribution in [1.82, 2.24) is 0 Å². The molecule has 0 atom stereocenters. The van der Waals surface area contributed by atoms with Crippen molar-refractivity contribution >= 4 is 11.6 Å². The molecule has 30 heavy (non-hydrogen) atoms. The Kier molecular flexibility index (Phi) is 8.05. The molecule has 0 amide bonds. The van der Waals surface area contributed by atoms with E-state index >= 15 is 0 Å². The fourth-order valence-corrected chi connectivity index (χ4v) is 5.41. The first kappa shape index (κ1) is 23.4. The number of ether oxygens (including phenoxy) is 1. The van der Waals surface area contributed by atoms with Gasteiger partial charge >= 0.3 is 6.36 Å². The van der Waals surface area contributed by atoms with Gasteiger partial charge in [-0.15, -0.1) is 13.2 Å². The van der Waals surface area contributed by atoms with Crippen LogP contribution in [0.1, 0.15) is 63.4 Å². The van der Waals surface area contributed by atoms with Crippen LogP contribution in [0, 0.1) is 35.3 Å². The van der Waals surface area contributed by atoms with Crippen LogP contribution in [0.15, 0.2) is 23.7 Å². The highest BCUT2D eigenvalue weighted by molar-refractivity contribution is 6.25. The van der Waals surface area contributed by atoms with E-state index < -0.39 is 23.7 Å². The molecule has 1 aromatic rings. The molecule has 0 unspecified atom stereocenters. The molecule has 0 aromatic heterocycles. The van der Waals surface area contributed by atoms with Crippen LogP contribution in [0.2, 0.25) is 0 Å². The number of rotatable bonds is 6. The zero-order chi connectivity index (χ0) is 21.7. The normalized spacial score (nSPS) is 28.1. The summed E-state index contributed by atoms with van der Waals surface area (Å²) in [5.74, 6) is -1.36. The molecule has 2 saturated carbocycles. The minimum Gasteiger partial charge on any atom is -0.399 e. The van der Waals surface area contributed by atoms with Crippen LogP contribution < -0.4 is 4.74 Å². The number of halogens is 6. The summed E-state index contributed by atoms with van der Waals surface area (Å²) in [5, 5.41) is 0. The van der Waals surface area contributed by atoms with Crippen molar-refractivity contribution in [2.24, 2.45) is 23.7 Å². The van der Waals surface area contributed by atoms with Crippen LogP contribution in [0.25, 0.3) is 0 Å². The van der Waals surface area contributed by atoms with E-state index in [4.69, 9.17) is 11.6 Å². The fraction of sp³-hybridized carbons (Fsp3) is 0.652. The van der Waals surface area contributed by atoms with Crippen molar-refractivity contribution in [3.63, 3.8) is 0 Å². The third-order valence-electron chi connectivity index (χ3n) is 6.84. The molecule has 0 heterocycles. The Hall–Kier alpha value is -1.30. The number of aryl methyl sites for hydroxylation is 1. The van der Waals surface area contributed by atoms with E-state index in [2.05, 4.69) is 10.8 Å². The van der Waals surface area contributed by atoms with Gasteiger partial charge in [0.1, 0.15) is 0 Å². The van der Waals surface area contributed by atoms with Crippen LogP contribution in [-0.4, -0.2) is 6.36 Å². The molecule has 0 spiro atoms. The third kappa shape index (κ3) is 6.60. The Morgan fingerprint density at radius 1 is 0.900 bits per heavy atom. The van der Waals surface area contributed by atoms with Crippen molar-refractivity contribution in [2.45, 2.75) is 70.6 Å². The zero-order valence-electron chi connectivity index (χ0n) is 16.9. The summed E-state index contributed by atoms with van der Waals surface area (Å²) < 4.78 is 67.9. The van der Waals surface area contributed by atoms with Gasteiger partial charge < -0.3 is 4.74 Å². The summed E-state index contributed by atoms with van der Waals surface area (Å²) in [6.07, 6.45) is 7.72. The van der Waals surface area contributed by atoms with Crippen molar-refractivity contribution in [3.8, 4) is 5.75 Å². The minimum atomic E-state index is -5.12. The van der Waals surface area contributed by atoms with Crippen molar-refractivity contribution < 1.29 is 26.7 Å². The molecular formula is C23H28ClF5O. The first-order chi connectivity index (χ1) is 14.2. The predicted octanol–water partition coefficient (Wildman–Crippen LogP) is 8.16. The summed E-state index contributed by atoms with van der Waals surface area (Å²) in [4.78, 5) is 0. The van der Waals surface area contributed by atoms with Crippen LogP contribution in [0.3, 0.4) is 0 Å². The lowest BCUT2D eigenvalue weighted by Crippen LogP contribution is -2.25. The first-order valence-corrected chi connectivity index (χ1v) is 11.2. The molecule has 7 heteroatoms. The number of alkyl halides is 3. The van der Waals surface area contributed by atoms with Crippen LogP contribution in [-0.2, 0) is 6.42 Å². The first-order valence-electron chi connectivity index (χ1n) is 10.8. The molecule has 0 radical (unpaired) electrons. The standard InChI is InChI=1S/C23H28ClF5O/c24-12-11-16-5-9-19(10-6-16)18-7-3-15(4-8-18)1-2-17-13-20(25)22(21(26)14-17)30-23(27,28)29/h11-16,18-19H,1-10H2. The quantitative estimate of drug-likeness (QED) is 0.397. The van der Waals surface area contributed by atoms with Gasteiger partial charge in [0.05, 0.1) is 0 Å². The van der Waals surface area contributed by atoms with E-state index in [1.165, 1.54) is 38.5 Å². The largest absolute Gasteiger partial charge is 0.573 e. The summed E-state index contributed by atoms with van der Waals surface area (Å²) in [7, 11) is 0. The van der Waals surface area contributed by atoms with Gasteiger partial charge in [-0.05, 0) is 92.7 Å². The van der Waals surface area contributed by atoms with Crippen LogP contribution >= 0.6 is 11.6 Å². The molecule has 1 nitrogen and oxygen atoms in total. The molecular weight excluding hydrogens is 423 g/mol. The Morgan fingerprint density at radius 2 is 1.43 bits per heavy atom. The van der Waals surface area contributed by atoms with Crippen molar-refractivity contribution in [2.75, 3.05) is 0 Å².